The van der Waals surface area contributed by atoms with Crippen LogP contribution in [0.2, 0.25) is 0 Å². The predicted octanol–water partition coefficient (Wildman–Crippen LogP) is 1.91. The SMILES string of the molecule is COc1ccc([13C]([13CH3])=O)c(OC)c1. The van der Waals surface area contributed by atoms with Gasteiger partial charge in [0.05, 0.1) is 19.8 Å². The van der Waals surface area contributed by atoms with Crippen molar-refractivity contribution >= 4 is 5.78 Å². The molecule has 3 nitrogen and oxygen atoms in total. The largest absolute Gasteiger partial charge is 0.497 e. The van der Waals surface area contributed by atoms with Crippen molar-refractivity contribution in [1.29, 1.82) is 0 Å². The van der Waals surface area contributed by atoms with Gasteiger partial charge in [0.2, 0.25) is 0 Å². The molecule has 70 valence electrons. The van der Waals surface area contributed by atoms with Crippen LogP contribution in [0.5, 0.6) is 11.5 Å². The molecule has 0 radical (unpaired) electrons. The molecule has 0 fully saturated rings. The van der Waals surface area contributed by atoms with Crippen molar-refractivity contribution in [3.8, 4) is 11.5 Å². The first-order chi connectivity index (χ1) is 6.19. The van der Waals surface area contributed by atoms with Crippen LogP contribution < -0.4 is 9.47 Å². The lowest BCUT2D eigenvalue weighted by Gasteiger charge is -2.07. The summed E-state index contributed by atoms with van der Waals surface area (Å²) in [5.41, 5.74) is 0.573. The van der Waals surface area contributed by atoms with E-state index in [0.29, 0.717) is 17.1 Å². The fraction of sp³-hybridized carbons (Fsp3) is 0.300. The van der Waals surface area contributed by atoms with E-state index in [1.807, 2.05) is 0 Å². The first-order valence-corrected chi connectivity index (χ1v) is 3.92. The van der Waals surface area contributed by atoms with E-state index in [9.17, 15) is 4.79 Å². The molecule has 0 unspecified atom stereocenters. The minimum Gasteiger partial charge on any atom is -0.497 e. The second-order valence-corrected chi connectivity index (χ2v) is 2.62. The molecule has 0 aliphatic rings. The number of carbonyl (C=O) groups excluding carboxylic acids is 1. The second kappa shape index (κ2) is 3.94. The Bertz CT molecular complexity index is 318. The zero-order valence-corrected chi connectivity index (χ0v) is 7.96. The molecular weight excluding hydrogens is 170 g/mol. The van der Waals surface area contributed by atoms with Crippen LogP contribution >= 0.6 is 0 Å². The van der Waals surface area contributed by atoms with Crippen molar-refractivity contribution in [3.05, 3.63) is 23.8 Å². The summed E-state index contributed by atoms with van der Waals surface area (Å²) in [6.45, 7) is 1.50. The molecule has 0 aliphatic carbocycles. The van der Waals surface area contributed by atoms with Crippen LogP contribution in [-0.4, -0.2) is 20.0 Å². The van der Waals surface area contributed by atoms with E-state index in [2.05, 4.69) is 0 Å². The Hall–Kier alpha value is -1.51. The fourth-order valence-electron chi connectivity index (χ4n) is 1.09. The number of carbonyl (C=O) groups is 1. The molecule has 1 aromatic rings. The standard InChI is InChI=1S/C10H12O3/c1-7(11)9-5-4-8(12-2)6-10(9)13-3/h4-6H,1-3H3/i1+1,7+1. The van der Waals surface area contributed by atoms with E-state index in [-0.39, 0.29) is 5.78 Å². The van der Waals surface area contributed by atoms with Gasteiger partial charge in [0.1, 0.15) is 11.5 Å². The van der Waals surface area contributed by atoms with Crippen molar-refractivity contribution in [2.75, 3.05) is 14.2 Å². The summed E-state index contributed by atoms with van der Waals surface area (Å²) in [6, 6.07) is 5.12. The van der Waals surface area contributed by atoms with Gasteiger partial charge in [0.25, 0.3) is 0 Å². The van der Waals surface area contributed by atoms with Gasteiger partial charge in [0.15, 0.2) is 5.78 Å². The Balaban J connectivity index is 3.15. The number of hydrogen-bond donors (Lipinski definition) is 0. The number of methoxy groups -OCH3 is 2. The predicted molar refractivity (Wildman–Crippen MR) is 49.6 cm³/mol. The summed E-state index contributed by atoms with van der Waals surface area (Å²) in [7, 11) is 3.10. The highest BCUT2D eigenvalue weighted by atomic mass is 16.5. The summed E-state index contributed by atoms with van der Waals surface area (Å²) in [5, 5.41) is 0. The average Bonchev–Trinajstić information content (AvgIpc) is 2.16. The van der Waals surface area contributed by atoms with E-state index >= 15 is 0 Å². The topological polar surface area (TPSA) is 35.5 Å². The molecule has 0 amide bonds. The minimum atomic E-state index is -0.0143. The second-order valence-electron chi connectivity index (χ2n) is 2.62. The highest BCUT2D eigenvalue weighted by Crippen LogP contribution is 2.24. The average molecular weight is 182 g/mol. The Morgan fingerprint density at radius 2 is 1.92 bits per heavy atom. The van der Waals surface area contributed by atoms with Crippen LogP contribution in [0.1, 0.15) is 17.3 Å². The Morgan fingerprint density at radius 3 is 2.38 bits per heavy atom. The van der Waals surface area contributed by atoms with E-state index < -0.39 is 0 Å². The monoisotopic (exact) mass is 182 g/mol. The fourth-order valence-corrected chi connectivity index (χ4v) is 1.09. The number of ketones is 1. The number of Topliss-reactive ketones (excluding diaryl/α,β-unsaturated/α-hetero) is 1. The molecule has 0 aromatic heterocycles. The normalized spacial score (nSPS) is 9.46. The summed E-state index contributed by atoms with van der Waals surface area (Å²) in [4.78, 5) is 11.1. The van der Waals surface area contributed by atoms with Gasteiger partial charge in [-0.25, -0.2) is 0 Å². The van der Waals surface area contributed by atoms with E-state index in [1.165, 1.54) is 14.0 Å². The van der Waals surface area contributed by atoms with Gasteiger partial charge in [-0.2, -0.15) is 0 Å². The molecule has 13 heavy (non-hydrogen) atoms. The van der Waals surface area contributed by atoms with Crippen LogP contribution in [0.4, 0.5) is 0 Å². The Labute approximate surface area is 77.3 Å². The number of benzene rings is 1. The molecule has 0 N–H and O–H groups in total. The van der Waals surface area contributed by atoms with Crippen molar-refractivity contribution in [3.63, 3.8) is 0 Å². The third-order valence-electron chi connectivity index (χ3n) is 1.79. The molecule has 0 saturated heterocycles. The lowest BCUT2D eigenvalue weighted by molar-refractivity contribution is 0.101. The summed E-state index contributed by atoms with van der Waals surface area (Å²) in [6.07, 6.45) is 0. The molecule has 0 saturated carbocycles. The number of ether oxygens (including phenoxy) is 2. The molecule has 0 bridgehead atoms. The van der Waals surface area contributed by atoms with Crippen molar-refractivity contribution in [2.45, 2.75) is 6.92 Å². The maximum absolute atomic E-state index is 11.1. The smallest absolute Gasteiger partial charge is 0.163 e. The highest BCUT2D eigenvalue weighted by molar-refractivity contribution is 5.97. The maximum atomic E-state index is 11.1. The van der Waals surface area contributed by atoms with Crippen molar-refractivity contribution < 1.29 is 14.3 Å². The van der Waals surface area contributed by atoms with Gasteiger partial charge in [-0.1, -0.05) is 0 Å². The zero-order valence-electron chi connectivity index (χ0n) is 7.96. The zero-order chi connectivity index (χ0) is 9.84. The van der Waals surface area contributed by atoms with Crippen LogP contribution in [-0.2, 0) is 0 Å². The Kier molecular flexibility index (Phi) is 2.90. The molecule has 1 aromatic carbocycles. The van der Waals surface area contributed by atoms with E-state index in [4.69, 9.17) is 9.47 Å². The highest BCUT2D eigenvalue weighted by Gasteiger charge is 2.08. The van der Waals surface area contributed by atoms with Gasteiger partial charge in [-0.3, -0.25) is 4.79 Å². The van der Waals surface area contributed by atoms with Crippen LogP contribution in [0.3, 0.4) is 0 Å². The number of hydrogen-bond acceptors (Lipinski definition) is 3. The summed E-state index contributed by atoms with van der Waals surface area (Å²) >= 11 is 0. The lowest BCUT2D eigenvalue weighted by atomic mass is 10.2. The quantitative estimate of drug-likeness (QED) is 0.529. The van der Waals surface area contributed by atoms with Gasteiger partial charge in [-0.15, -0.1) is 0 Å². The van der Waals surface area contributed by atoms with Crippen LogP contribution in [0, 0.1) is 0 Å². The third-order valence-corrected chi connectivity index (χ3v) is 1.79. The molecule has 0 spiro atoms. The van der Waals surface area contributed by atoms with Crippen LogP contribution in [0.15, 0.2) is 18.2 Å². The molecule has 0 atom stereocenters. The molecule has 0 heterocycles. The van der Waals surface area contributed by atoms with Crippen molar-refractivity contribution in [2.24, 2.45) is 0 Å². The maximum Gasteiger partial charge on any atom is 0.163 e. The molecule has 0 aliphatic heterocycles. The number of rotatable bonds is 3. The molecule has 1 rings (SSSR count). The van der Waals surface area contributed by atoms with Crippen LogP contribution in [0.25, 0.3) is 0 Å². The minimum absolute atomic E-state index is 0.0143. The molecule has 3 heteroatoms. The van der Waals surface area contributed by atoms with Gasteiger partial charge in [0, 0.05) is 6.07 Å². The van der Waals surface area contributed by atoms with Gasteiger partial charge in [-0.05, 0) is 19.1 Å². The molecular formula is C10H12O3. The first kappa shape index (κ1) is 9.58. The van der Waals surface area contributed by atoms with Gasteiger partial charge >= 0.3 is 0 Å². The summed E-state index contributed by atoms with van der Waals surface area (Å²) in [5.74, 6) is 1.22. The van der Waals surface area contributed by atoms with Crippen molar-refractivity contribution in [1.82, 2.24) is 0 Å². The lowest BCUT2D eigenvalue weighted by Crippen LogP contribution is -1.97. The van der Waals surface area contributed by atoms with E-state index in [1.54, 1.807) is 25.3 Å². The first-order valence-electron chi connectivity index (χ1n) is 3.92. The third kappa shape index (κ3) is 1.99. The van der Waals surface area contributed by atoms with E-state index in [0.717, 1.165) is 0 Å². The Morgan fingerprint density at radius 1 is 1.23 bits per heavy atom. The van der Waals surface area contributed by atoms with Gasteiger partial charge < -0.3 is 9.47 Å². The summed E-state index contributed by atoms with van der Waals surface area (Å²) < 4.78 is 10.0.